The number of hydrogen-bond acceptors (Lipinski definition) is 4. The van der Waals surface area contributed by atoms with Crippen molar-refractivity contribution in [3.63, 3.8) is 0 Å². The molecule has 4 aliphatic carbocycles. The Hall–Kier alpha value is -2.41. The number of alkyl halides is 1. The van der Waals surface area contributed by atoms with E-state index < -0.39 is 11.7 Å². The van der Waals surface area contributed by atoms with E-state index in [1.807, 2.05) is 18.2 Å². The van der Waals surface area contributed by atoms with Gasteiger partial charge in [-0.1, -0.05) is 13.5 Å². The van der Waals surface area contributed by atoms with Gasteiger partial charge in [0.05, 0.1) is 0 Å². The van der Waals surface area contributed by atoms with Crippen LogP contribution >= 0.6 is 0 Å². The largest absolute Gasteiger partial charge is 0.489 e. The molecule has 3 atom stereocenters. The smallest absolute Gasteiger partial charge is 0.255 e. The monoisotopic (exact) mass is 467 g/mol. The van der Waals surface area contributed by atoms with Gasteiger partial charge < -0.3 is 15.0 Å². The highest BCUT2D eigenvalue weighted by Crippen LogP contribution is 2.69. The number of piperidine rings is 1. The van der Waals surface area contributed by atoms with Crippen LogP contribution in [0.3, 0.4) is 0 Å². The summed E-state index contributed by atoms with van der Waals surface area (Å²) < 4.78 is 20.5. The average Bonchev–Trinajstić information content (AvgIpc) is 3.34. The van der Waals surface area contributed by atoms with Gasteiger partial charge in [0.25, 0.3) is 5.91 Å². The van der Waals surface area contributed by atoms with Gasteiger partial charge in [-0.05, 0) is 87.1 Å². The molecule has 6 aliphatic rings. The first kappa shape index (κ1) is 22.1. The maximum atomic E-state index is 14.0. The topological polar surface area (TPSA) is 61.9 Å². The first-order valence-electron chi connectivity index (χ1n) is 12.8. The number of benzene rings is 1. The number of carbonyl (C=O) groups excluding carboxylic acids is 2. The van der Waals surface area contributed by atoms with Crippen molar-refractivity contribution in [3.05, 3.63) is 41.6 Å². The Morgan fingerprint density at radius 1 is 1.24 bits per heavy atom. The van der Waals surface area contributed by atoms with Crippen LogP contribution in [0.5, 0.6) is 5.75 Å². The van der Waals surface area contributed by atoms with Gasteiger partial charge in [0.2, 0.25) is 5.91 Å². The lowest BCUT2D eigenvalue weighted by Crippen LogP contribution is -2.68. The summed E-state index contributed by atoms with van der Waals surface area (Å²) in [6, 6.07) is 5.61. The summed E-state index contributed by atoms with van der Waals surface area (Å²) in [6.07, 6.45) is 6.85. The zero-order chi connectivity index (χ0) is 23.7. The van der Waals surface area contributed by atoms with E-state index >= 15 is 0 Å². The molecule has 2 aliphatic heterocycles. The molecule has 2 amide bonds. The van der Waals surface area contributed by atoms with Gasteiger partial charge in [0.15, 0.2) is 0 Å². The number of fused-ring (bicyclic) bond motifs is 1. The van der Waals surface area contributed by atoms with Gasteiger partial charge in [0, 0.05) is 30.4 Å². The standard InChI is InChI=1S/C27H34FN3O3/c1-3-30(16-26-13-27(28,14-26)15-26)21-5-4-6-23(21)34-19-8-9-20-18(11-19)12-31(25(20)33)22-10-7-17(2)29-24(22)32/h8-9,11,21-23H,2-7,10,12-16H2,1H3,(H,29,32)/t21-,22?,23+,26?,27?/m1/s1. The van der Waals surface area contributed by atoms with E-state index in [4.69, 9.17) is 4.74 Å². The number of ether oxygens (including phenoxy) is 1. The van der Waals surface area contributed by atoms with Gasteiger partial charge in [-0.15, -0.1) is 0 Å². The Morgan fingerprint density at radius 3 is 2.74 bits per heavy atom. The number of halogens is 1. The van der Waals surface area contributed by atoms with Crippen molar-refractivity contribution >= 4 is 11.8 Å². The van der Waals surface area contributed by atoms with E-state index in [0.717, 1.165) is 62.9 Å². The number of hydrogen-bond donors (Lipinski definition) is 1. The van der Waals surface area contributed by atoms with Gasteiger partial charge in [-0.25, -0.2) is 4.39 Å². The minimum Gasteiger partial charge on any atom is -0.489 e. The lowest BCUT2D eigenvalue weighted by atomic mass is 9.42. The fourth-order valence-electron chi connectivity index (χ4n) is 7.26. The number of nitrogens with one attached hydrogen (secondary N) is 1. The lowest BCUT2D eigenvalue weighted by molar-refractivity contribution is -0.224. The fourth-order valence-corrected chi connectivity index (χ4v) is 7.26. The van der Waals surface area contributed by atoms with Crippen LogP contribution < -0.4 is 10.1 Å². The SMILES string of the molecule is C=C1CCC(N2Cc3cc(O[C@H]4CCC[C@H]4N(CC)CC45CC(F)(C4)C5)ccc3C2=O)C(=O)N1. The minimum absolute atomic E-state index is 0.0886. The first-order valence-corrected chi connectivity index (χ1v) is 12.8. The normalized spacial score (nSPS) is 36.3. The summed E-state index contributed by atoms with van der Waals surface area (Å²) >= 11 is 0. The quantitative estimate of drug-likeness (QED) is 0.660. The highest BCUT2D eigenvalue weighted by atomic mass is 19.1. The second-order valence-corrected chi connectivity index (χ2v) is 11.3. The predicted molar refractivity (Wildman–Crippen MR) is 126 cm³/mol. The summed E-state index contributed by atoms with van der Waals surface area (Å²) in [7, 11) is 0. The van der Waals surface area contributed by atoms with Gasteiger partial charge >= 0.3 is 0 Å². The Balaban J connectivity index is 1.13. The fraction of sp³-hybridized carbons (Fsp3) is 0.630. The molecular formula is C27H34FN3O3. The van der Waals surface area contributed by atoms with Crippen molar-refractivity contribution in [2.24, 2.45) is 5.41 Å². The van der Waals surface area contributed by atoms with E-state index in [0.29, 0.717) is 36.7 Å². The third-order valence-electron chi connectivity index (χ3n) is 8.80. The van der Waals surface area contributed by atoms with Crippen LogP contribution in [-0.4, -0.2) is 58.6 Å². The zero-order valence-electron chi connectivity index (χ0n) is 19.9. The van der Waals surface area contributed by atoms with Crippen molar-refractivity contribution in [2.45, 2.75) is 88.7 Å². The number of rotatable bonds is 7. The number of allylic oxidation sites excluding steroid dienone is 1. The van der Waals surface area contributed by atoms with Crippen LogP contribution in [0.1, 0.15) is 74.2 Å². The molecule has 2 bridgehead atoms. The molecule has 5 fully saturated rings. The van der Waals surface area contributed by atoms with Crippen LogP contribution in [0.25, 0.3) is 0 Å². The molecule has 0 spiro atoms. The Bertz CT molecular complexity index is 1040. The number of likely N-dealkylation sites (N-methyl/N-ethyl adjacent to an activating group) is 1. The number of amides is 2. The van der Waals surface area contributed by atoms with Crippen LogP contribution in [0.4, 0.5) is 4.39 Å². The average molecular weight is 468 g/mol. The minimum atomic E-state index is -0.854. The second-order valence-electron chi connectivity index (χ2n) is 11.3. The first-order chi connectivity index (χ1) is 16.3. The molecule has 1 saturated heterocycles. The van der Waals surface area contributed by atoms with Crippen molar-refractivity contribution in [3.8, 4) is 5.75 Å². The highest BCUT2D eigenvalue weighted by molar-refractivity contribution is 6.01. The van der Waals surface area contributed by atoms with Gasteiger partial charge in [-0.2, -0.15) is 0 Å². The third-order valence-corrected chi connectivity index (χ3v) is 8.80. The highest BCUT2D eigenvalue weighted by Gasteiger charge is 2.69. The van der Waals surface area contributed by atoms with Crippen LogP contribution in [0.2, 0.25) is 0 Å². The molecule has 7 rings (SSSR count). The summed E-state index contributed by atoms with van der Waals surface area (Å²) in [5.41, 5.74) is 1.64. The Kier molecular flexibility index (Phi) is 5.07. The van der Waals surface area contributed by atoms with Crippen LogP contribution in [0, 0.1) is 5.41 Å². The lowest BCUT2D eigenvalue weighted by Gasteiger charge is -2.67. The summed E-state index contributed by atoms with van der Waals surface area (Å²) in [5.74, 6) is 0.551. The molecule has 6 nitrogen and oxygen atoms in total. The molecule has 7 heteroatoms. The summed E-state index contributed by atoms with van der Waals surface area (Å²) in [5, 5.41) is 2.79. The van der Waals surface area contributed by atoms with E-state index in [1.54, 1.807) is 4.90 Å². The molecule has 2 heterocycles. The van der Waals surface area contributed by atoms with E-state index in [2.05, 4.69) is 23.7 Å². The van der Waals surface area contributed by atoms with Crippen LogP contribution in [0.15, 0.2) is 30.5 Å². The van der Waals surface area contributed by atoms with Gasteiger partial charge in [-0.3, -0.25) is 14.5 Å². The summed E-state index contributed by atoms with van der Waals surface area (Å²) in [4.78, 5) is 29.6. The second kappa shape index (κ2) is 7.80. The molecule has 34 heavy (non-hydrogen) atoms. The molecule has 4 saturated carbocycles. The van der Waals surface area contributed by atoms with E-state index in [9.17, 15) is 14.0 Å². The molecule has 182 valence electrons. The molecular weight excluding hydrogens is 433 g/mol. The summed E-state index contributed by atoms with van der Waals surface area (Å²) in [6.45, 7) is 8.38. The van der Waals surface area contributed by atoms with Crippen LogP contribution in [-0.2, 0) is 11.3 Å². The molecule has 1 aromatic rings. The maximum absolute atomic E-state index is 14.0. The third kappa shape index (κ3) is 3.55. The predicted octanol–water partition coefficient (Wildman–Crippen LogP) is 3.95. The van der Waals surface area contributed by atoms with E-state index in [-0.39, 0.29) is 23.3 Å². The molecule has 1 unspecified atom stereocenters. The molecule has 1 N–H and O–H groups in total. The van der Waals surface area contributed by atoms with Crippen molar-refractivity contribution < 1.29 is 18.7 Å². The molecule has 1 aromatic carbocycles. The van der Waals surface area contributed by atoms with Gasteiger partial charge in [0.1, 0.15) is 23.6 Å². The van der Waals surface area contributed by atoms with E-state index in [1.165, 1.54) is 0 Å². The van der Waals surface area contributed by atoms with Crippen molar-refractivity contribution in [1.82, 2.24) is 15.1 Å². The molecule has 0 aromatic heterocycles. The van der Waals surface area contributed by atoms with Crippen molar-refractivity contribution in [1.29, 1.82) is 0 Å². The Morgan fingerprint density at radius 2 is 2.03 bits per heavy atom. The zero-order valence-corrected chi connectivity index (χ0v) is 19.9. The Labute approximate surface area is 200 Å². The number of carbonyl (C=O) groups is 2. The molecule has 0 radical (unpaired) electrons. The van der Waals surface area contributed by atoms with Crippen molar-refractivity contribution in [2.75, 3.05) is 13.1 Å². The maximum Gasteiger partial charge on any atom is 0.255 e. The number of nitrogens with zero attached hydrogens (tertiary/aromatic N) is 2.